The van der Waals surface area contributed by atoms with Gasteiger partial charge in [0.25, 0.3) is 0 Å². The van der Waals surface area contributed by atoms with Crippen LogP contribution in [-0.4, -0.2) is 16.6 Å². The van der Waals surface area contributed by atoms with Crippen LogP contribution < -0.4 is 0 Å². The fourth-order valence-corrected chi connectivity index (χ4v) is 2.01. The van der Waals surface area contributed by atoms with Crippen molar-refractivity contribution >= 4 is 11.2 Å². The Kier molecular flexibility index (Phi) is 5.08. The van der Waals surface area contributed by atoms with Crippen molar-refractivity contribution in [1.29, 1.82) is 0 Å². The minimum Gasteiger partial charge on any atom is -0.617 e. The molecule has 1 aliphatic carbocycles. The highest BCUT2D eigenvalue weighted by Crippen LogP contribution is 2.32. The molecule has 0 aromatic rings. The van der Waals surface area contributed by atoms with E-state index in [1.807, 2.05) is 0 Å². The van der Waals surface area contributed by atoms with Gasteiger partial charge in [-0.2, -0.15) is 0 Å². The molecule has 71 valence electrons. The third-order valence-corrected chi connectivity index (χ3v) is 3.19. The van der Waals surface area contributed by atoms with Gasteiger partial charge in [0, 0.05) is 0 Å². The van der Waals surface area contributed by atoms with Gasteiger partial charge in [0.15, 0.2) is 0 Å². The van der Waals surface area contributed by atoms with Crippen LogP contribution in [0.15, 0.2) is 0 Å². The van der Waals surface area contributed by atoms with E-state index in [2.05, 4.69) is 6.42 Å². The van der Waals surface area contributed by atoms with Crippen molar-refractivity contribution in [3.8, 4) is 0 Å². The van der Waals surface area contributed by atoms with Gasteiger partial charge in [-0.1, -0.05) is 30.4 Å². The van der Waals surface area contributed by atoms with Gasteiger partial charge in [0.05, 0.1) is 6.26 Å². The van der Waals surface area contributed by atoms with Gasteiger partial charge < -0.3 is 4.55 Å². The summed E-state index contributed by atoms with van der Waals surface area (Å²) in [7, 11) is 0. The summed E-state index contributed by atoms with van der Waals surface area (Å²) in [6.45, 7) is 0. The first-order chi connectivity index (χ1) is 5.79. The summed E-state index contributed by atoms with van der Waals surface area (Å²) in [5.41, 5.74) is 0. The second-order valence-corrected chi connectivity index (χ2v) is 5.27. The predicted molar refractivity (Wildman–Crippen MR) is 54.4 cm³/mol. The van der Waals surface area contributed by atoms with Crippen LogP contribution >= 0.6 is 0 Å². The van der Waals surface area contributed by atoms with Crippen molar-refractivity contribution in [1.82, 2.24) is 0 Å². The molecular weight excluding hydrogens is 168 g/mol. The van der Waals surface area contributed by atoms with Gasteiger partial charge in [-0.25, -0.2) is 0 Å². The third-order valence-electron chi connectivity index (χ3n) is 2.33. The molecule has 0 aliphatic heterocycles. The second kappa shape index (κ2) is 5.87. The molecule has 2 unspecified atom stereocenters. The largest absolute Gasteiger partial charge is 0.617 e. The summed E-state index contributed by atoms with van der Waals surface area (Å²) < 4.78 is 10.7. The minimum atomic E-state index is -0.574. The van der Waals surface area contributed by atoms with Crippen molar-refractivity contribution in [2.75, 3.05) is 12.0 Å². The monoisotopic (exact) mass is 187 g/mol. The Morgan fingerprint density at radius 3 is 2.58 bits per heavy atom. The molecule has 0 aromatic heterocycles. The van der Waals surface area contributed by atoms with E-state index in [1.54, 1.807) is 6.26 Å². The molecule has 0 heterocycles. The average Bonchev–Trinajstić information content (AvgIpc) is 2.79. The fraction of sp³-hybridized carbons (Fsp3) is 0.900. The van der Waals surface area contributed by atoms with Crippen molar-refractivity contribution in [3.05, 3.63) is 6.42 Å². The van der Waals surface area contributed by atoms with Crippen LogP contribution in [0.4, 0.5) is 0 Å². The van der Waals surface area contributed by atoms with E-state index in [-0.39, 0.29) is 0 Å². The highest BCUT2D eigenvalue weighted by Gasteiger charge is 2.20. The van der Waals surface area contributed by atoms with Gasteiger partial charge >= 0.3 is 0 Å². The molecule has 0 N–H and O–H groups in total. The van der Waals surface area contributed by atoms with E-state index in [9.17, 15) is 4.55 Å². The lowest BCUT2D eigenvalue weighted by Crippen LogP contribution is -2.02. The maximum Gasteiger partial charge on any atom is 0.105 e. The molecule has 1 fully saturated rings. The van der Waals surface area contributed by atoms with E-state index < -0.39 is 11.2 Å². The summed E-state index contributed by atoms with van der Waals surface area (Å²) in [6, 6.07) is 0. The molecule has 1 saturated carbocycles. The second-order valence-electron chi connectivity index (χ2n) is 3.71. The standard InChI is InChI=1S/C10H19OS/c1-12(11)9-5-3-2-4-6-10-7-8-10/h7,10H,2-6,8-9H2,1H3. The topological polar surface area (TPSA) is 23.1 Å². The van der Waals surface area contributed by atoms with Crippen LogP contribution in [0.3, 0.4) is 0 Å². The van der Waals surface area contributed by atoms with Crippen LogP contribution in [0.25, 0.3) is 0 Å². The molecule has 1 radical (unpaired) electrons. The van der Waals surface area contributed by atoms with Crippen molar-refractivity contribution in [2.45, 2.75) is 38.5 Å². The number of hydrogen-bond donors (Lipinski definition) is 0. The lowest BCUT2D eigenvalue weighted by Gasteiger charge is -2.03. The first-order valence-corrected chi connectivity index (χ1v) is 6.65. The molecule has 1 aliphatic rings. The van der Waals surface area contributed by atoms with Gasteiger partial charge in [0.1, 0.15) is 5.75 Å². The van der Waals surface area contributed by atoms with Crippen molar-refractivity contribution < 1.29 is 4.55 Å². The first kappa shape index (κ1) is 10.4. The summed E-state index contributed by atoms with van der Waals surface area (Å²) >= 11 is -0.574. The van der Waals surface area contributed by atoms with Crippen molar-refractivity contribution in [2.24, 2.45) is 5.92 Å². The van der Waals surface area contributed by atoms with Gasteiger partial charge in [0.2, 0.25) is 0 Å². The van der Waals surface area contributed by atoms with Crippen LogP contribution in [0, 0.1) is 12.3 Å². The molecule has 1 nitrogen and oxygen atoms in total. The SMILES string of the molecule is C[S+]([O-])CCCCCCC1[CH]C1. The molecule has 0 bridgehead atoms. The predicted octanol–water partition coefficient (Wildman–Crippen LogP) is 2.54. The zero-order valence-electron chi connectivity index (χ0n) is 7.92. The Morgan fingerprint density at radius 1 is 1.33 bits per heavy atom. The molecule has 12 heavy (non-hydrogen) atoms. The smallest absolute Gasteiger partial charge is 0.105 e. The van der Waals surface area contributed by atoms with Crippen molar-refractivity contribution in [3.63, 3.8) is 0 Å². The van der Waals surface area contributed by atoms with Crippen LogP contribution in [0.5, 0.6) is 0 Å². The molecule has 0 aromatic carbocycles. The number of hydrogen-bond acceptors (Lipinski definition) is 1. The first-order valence-electron chi connectivity index (χ1n) is 4.92. The Labute approximate surface area is 79.1 Å². The zero-order valence-corrected chi connectivity index (χ0v) is 8.74. The lowest BCUT2D eigenvalue weighted by molar-refractivity contribution is 0.583. The normalized spacial score (nSPS) is 19.5. The highest BCUT2D eigenvalue weighted by atomic mass is 32.2. The molecule has 0 spiro atoms. The molecule has 2 atom stereocenters. The maximum absolute atomic E-state index is 10.7. The third kappa shape index (κ3) is 5.90. The van der Waals surface area contributed by atoms with Crippen LogP contribution in [-0.2, 0) is 11.2 Å². The summed E-state index contributed by atoms with van der Waals surface area (Å²) in [5, 5.41) is 0. The fourth-order valence-electron chi connectivity index (χ4n) is 1.40. The molecule has 2 heteroatoms. The van der Waals surface area contributed by atoms with Gasteiger partial charge in [-0.15, -0.1) is 0 Å². The Morgan fingerprint density at radius 2 is 2.00 bits per heavy atom. The summed E-state index contributed by atoms with van der Waals surface area (Å²) in [6.07, 6.45) is 12.1. The van der Waals surface area contributed by atoms with Gasteiger partial charge in [-0.05, 0) is 31.6 Å². The highest BCUT2D eigenvalue weighted by molar-refractivity contribution is 7.90. The quantitative estimate of drug-likeness (QED) is 0.444. The summed E-state index contributed by atoms with van der Waals surface area (Å²) in [5.74, 6) is 1.86. The number of rotatable bonds is 7. The Hall–Kier alpha value is 0.310. The lowest BCUT2D eigenvalue weighted by atomic mass is 10.1. The van der Waals surface area contributed by atoms with Gasteiger partial charge in [-0.3, -0.25) is 0 Å². The molecular formula is C10H19OS. The van der Waals surface area contributed by atoms with E-state index in [0.29, 0.717) is 0 Å². The number of unbranched alkanes of at least 4 members (excludes halogenated alkanes) is 3. The average molecular weight is 187 g/mol. The Balaban J connectivity index is 1.70. The van der Waals surface area contributed by atoms with E-state index in [0.717, 1.165) is 18.1 Å². The molecule has 0 saturated heterocycles. The summed E-state index contributed by atoms with van der Waals surface area (Å²) in [4.78, 5) is 0. The van der Waals surface area contributed by atoms with E-state index >= 15 is 0 Å². The Bertz CT molecular complexity index is 104. The van der Waals surface area contributed by atoms with E-state index in [4.69, 9.17) is 0 Å². The zero-order chi connectivity index (χ0) is 8.81. The van der Waals surface area contributed by atoms with Crippen LogP contribution in [0.2, 0.25) is 0 Å². The minimum absolute atomic E-state index is 0.574. The van der Waals surface area contributed by atoms with E-state index in [1.165, 1.54) is 32.1 Å². The maximum atomic E-state index is 10.7. The molecule has 0 amide bonds. The van der Waals surface area contributed by atoms with Crippen LogP contribution in [0.1, 0.15) is 38.5 Å². The molecule has 1 rings (SSSR count).